The lowest BCUT2D eigenvalue weighted by Crippen LogP contribution is -2.46. The van der Waals surface area contributed by atoms with Gasteiger partial charge in [-0.3, -0.25) is 9.69 Å². The largest absolute Gasteiger partial charge is 0.416 e. The van der Waals surface area contributed by atoms with Gasteiger partial charge < -0.3 is 4.90 Å². The highest BCUT2D eigenvalue weighted by Gasteiger charge is 2.30. The fraction of sp³-hybridized carbons (Fsp3) is 0.412. The van der Waals surface area contributed by atoms with Gasteiger partial charge in [-0.15, -0.1) is 0 Å². The first-order valence-corrected chi connectivity index (χ1v) is 8.90. The number of benzene rings is 1. The van der Waals surface area contributed by atoms with Crippen molar-refractivity contribution in [1.29, 1.82) is 0 Å². The number of hydrogen-bond donors (Lipinski definition) is 0. The molecule has 140 valence electrons. The van der Waals surface area contributed by atoms with Crippen molar-refractivity contribution in [2.75, 3.05) is 31.1 Å². The van der Waals surface area contributed by atoms with Crippen LogP contribution in [-0.4, -0.2) is 40.9 Å². The molecule has 0 aliphatic carbocycles. The van der Waals surface area contributed by atoms with Crippen molar-refractivity contribution in [3.63, 3.8) is 0 Å². The Balaban J connectivity index is 1.65. The van der Waals surface area contributed by atoms with Gasteiger partial charge in [-0.2, -0.15) is 18.3 Å². The number of anilines is 1. The van der Waals surface area contributed by atoms with E-state index in [1.54, 1.807) is 19.3 Å². The molecule has 1 aliphatic rings. The van der Waals surface area contributed by atoms with Crippen LogP contribution < -0.4 is 10.5 Å². The predicted molar refractivity (Wildman–Crippen MR) is 96.1 cm³/mol. The van der Waals surface area contributed by atoms with E-state index < -0.39 is 11.7 Å². The summed E-state index contributed by atoms with van der Waals surface area (Å²) in [5.74, 6) is 0. The monoisotopic (exact) mass is 430 g/mol. The van der Waals surface area contributed by atoms with Crippen molar-refractivity contribution in [1.82, 2.24) is 14.7 Å². The Morgan fingerprint density at radius 1 is 1.19 bits per heavy atom. The number of aromatic nitrogens is 2. The van der Waals surface area contributed by atoms with E-state index in [-0.39, 0.29) is 5.56 Å². The topological polar surface area (TPSA) is 41.4 Å². The van der Waals surface area contributed by atoms with Gasteiger partial charge in [0, 0.05) is 39.8 Å². The molecule has 2 aromatic rings. The highest BCUT2D eigenvalue weighted by atomic mass is 79.9. The van der Waals surface area contributed by atoms with Gasteiger partial charge >= 0.3 is 6.18 Å². The molecule has 1 aromatic carbocycles. The smallest absolute Gasteiger partial charge is 0.367 e. The van der Waals surface area contributed by atoms with Crippen LogP contribution >= 0.6 is 15.9 Å². The average molecular weight is 431 g/mol. The zero-order chi connectivity index (χ0) is 18.9. The van der Waals surface area contributed by atoms with Crippen LogP contribution in [0.4, 0.5) is 18.9 Å². The molecule has 1 aliphatic heterocycles. The molecule has 5 nitrogen and oxygen atoms in total. The van der Waals surface area contributed by atoms with Gasteiger partial charge in [0.2, 0.25) is 0 Å². The Bertz CT molecular complexity index is 845. The first-order chi connectivity index (χ1) is 12.3. The Morgan fingerprint density at radius 3 is 2.54 bits per heavy atom. The summed E-state index contributed by atoms with van der Waals surface area (Å²) in [4.78, 5) is 16.1. The fourth-order valence-electron chi connectivity index (χ4n) is 2.97. The summed E-state index contributed by atoms with van der Waals surface area (Å²) >= 11 is 3.33. The molecule has 0 saturated carbocycles. The van der Waals surface area contributed by atoms with Crippen molar-refractivity contribution >= 4 is 21.6 Å². The number of hydrogen-bond acceptors (Lipinski definition) is 4. The second-order valence-electron chi connectivity index (χ2n) is 6.23. The number of aryl methyl sites for hydroxylation is 1. The first kappa shape index (κ1) is 18.9. The molecule has 0 bridgehead atoms. The quantitative estimate of drug-likeness (QED) is 0.750. The Labute approximate surface area is 157 Å². The summed E-state index contributed by atoms with van der Waals surface area (Å²) in [5, 5.41) is 4.05. The van der Waals surface area contributed by atoms with Crippen LogP contribution in [0, 0.1) is 0 Å². The van der Waals surface area contributed by atoms with Gasteiger partial charge in [-0.1, -0.05) is 18.2 Å². The molecular formula is C17H18BrF3N4O. The summed E-state index contributed by atoms with van der Waals surface area (Å²) in [6, 6.07) is 5.44. The second kappa shape index (κ2) is 7.40. The van der Waals surface area contributed by atoms with Crippen LogP contribution in [0.15, 0.2) is 39.7 Å². The highest BCUT2D eigenvalue weighted by molar-refractivity contribution is 9.10. The third-order valence-corrected chi connectivity index (χ3v) is 5.18. The van der Waals surface area contributed by atoms with Crippen molar-refractivity contribution in [2.24, 2.45) is 7.05 Å². The summed E-state index contributed by atoms with van der Waals surface area (Å²) in [5.41, 5.74) is 0.564. The molecule has 26 heavy (non-hydrogen) atoms. The van der Waals surface area contributed by atoms with Gasteiger partial charge in [0.1, 0.15) is 4.47 Å². The Morgan fingerprint density at radius 2 is 1.88 bits per heavy atom. The molecule has 1 saturated heterocycles. The molecule has 0 unspecified atom stereocenters. The molecule has 1 aromatic heterocycles. The minimum atomic E-state index is -4.33. The third-order valence-electron chi connectivity index (χ3n) is 4.43. The van der Waals surface area contributed by atoms with E-state index in [0.29, 0.717) is 42.8 Å². The van der Waals surface area contributed by atoms with Crippen LogP contribution in [-0.2, 0) is 19.8 Å². The van der Waals surface area contributed by atoms with Gasteiger partial charge in [0.15, 0.2) is 0 Å². The molecule has 3 rings (SSSR count). The Hall–Kier alpha value is -1.87. The van der Waals surface area contributed by atoms with E-state index in [0.717, 1.165) is 11.8 Å². The molecule has 2 heterocycles. The predicted octanol–water partition coefficient (Wildman–Crippen LogP) is 2.88. The van der Waals surface area contributed by atoms with Crippen LogP contribution in [0.25, 0.3) is 0 Å². The lowest BCUT2D eigenvalue weighted by Gasteiger charge is -2.36. The van der Waals surface area contributed by atoms with Crippen LogP contribution in [0.2, 0.25) is 0 Å². The maximum atomic E-state index is 12.8. The van der Waals surface area contributed by atoms with E-state index in [9.17, 15) is 18.0 Å². The number of rotatable bonds is 3. The molecular weight excluding hydrogens is 413 g/mol. The summed E-state index contributed by atoms with van der Waals surface area (Å²) in [6.07, 6.45) is -2.68. The van der Waals surface area contributed by atoms with E-state index in [1.807, 2.05) is 0 Å². The van der Waals surface area contributed by atoms with E-state index in [4.69, 9.17) is 0 Å². The average Bonchev–Trinajstić information content (AvgIpc) is 2.60. The van der Waals surface area contributed by atoms with Gasteiger partial charge in [-0.05, 0) is 27.6 Å². The molecule has 9 heteroatoms. The molecule has 1 fully saturated rings. The second-order valence-corrected chi connectivity index (χ2v) is 7.03. The normalized spacial score (nSPS) is 16.1. The molecule has 0 spiro atoms. The SMILES string of the molecule is Cn1ncc(N2CCN(Cc3cccc(C(F)(F)F)c3)CC2)c(Br)c1=O. The maximum absolute atomic E-state index is 12.8. The van der Waals surface area contributed by atoms with Crippen molar-refractivity contribution in [3.05, 3.63) is 56.4 Å². The van der Waals surface area contributed by atoms with Gasteiger partial charge in [0.05, 0.1) is 17.4 Å². The van der Waals surface area contributed by atoms with Gasteiger partial charge in [-0.25, -0.2) is 4.68 Å². The minimum absolute atomic E-state index is 0.200. The van der Waals surface area contributed by atoms with Crippen LogP contribution in [0.1, 0.15) is 11.1 Å². The van der Waals surface area contributed by atoms with E-state index in [1.165, 1.54) is 16.8 Å². The van der Waals surface area contributed by atoms with E-state index in [2.05, 4.69) is 30.8 Å². The summed E-state index contributed by atoms with van der Waals surface area (Å²) in [6.45, 7) is 3.20. The highest BCUT2D eigenvalue weighted by Crippen LogP contribution is 2.30. The number of halogens is 4. The van der Waals surface area contributed by atoms with Crippen LogP contribution in [0.3, 0.4) is 0 Å². The fourth-order valence-corrected chi connectivity index (χ4v) is 3.58. The lowest BCUT2D eigenvalue weighted by molar-refractivity contribution is -0.137. The molecule has 0 radical (unpaired) electrons. The zero-order valence-electron chi connectivity index (χ0n) is 14.1. The van der Waals surface area contributed by atoms with Crippen molar-refractivity contribution < 1.29 is 13.2 Å². The molecule has 0 N–H and O–H groups in total. The number of nitrogens with zero attached hydrogens (tertiary/aromatic N) is 4. The summed E-state index contributed by atoms with van der Waals surface area (Å²) in [7, 11) is 1.59. The van der Waals surface area contributed by atoms with Crippen LogP contribution in [0.5, 0.6) is 0 Å². The van der Waals surface area contributed by atoms with E-state index >= 15 is 0 Å². The lowest BCUT2D eigenvalue weighted by atomic mass is 10.1. The number of alkyl halides is 3. The standard InChI is InChI=1S/C17H18BrF3N4O/c1-23-16(26)15(18)14(10-22-23)25-7-5-24(6-8-25)11-12-3-2-4-13(9-12)17(19,20)21/h2-4,9-10H,5-8,11H2,1H3. The van der Waals surface area contributed by atoms with Gasteiger partial charge in [0.25, 0.3) is 5.56 Å². The number of piperazine rings is 1. The third kappa shape index (κ3) is 4.09. The summed E-state index contributed by atoms with van der Waals surface area (Å²) < 4.78 is 40.2. The Kier molecular flexibility index (Phi) is 5.38. The zero-order valence-corrected chi connectivity index (χ0v) is 15.7. The van der Waals surface area contributed by atoms with Crippen molar-refractivity contribution in [3.8, 4) is 0 Å². The maximum Gasteiger partial charge on any atom is 0.416 e. The molecule has 0 atom stereocenters. The molecule has 0 amide bonds. The minimum Gasteiger partial charge on any atom is -0.367 e. The first-order valence-electron chi connectivity index (χ1n) is 8.11. The van der Waals surface area contributed by atoms with Crippen molar-refractivity contribution in [2.45, 2.75) is 12.7 Å².